The van der Waals surface area contributed by atoms with Crippen LogP contribution in [0, 0.1) is 6.92 Å². The number of aryl methyl sites for hydroxylation is 1. The fourth-order valence-corrected chi connectivity index (χ4v) is 3.06. The van der Waals surface area contributed by atoms with E-state index in [0.29, 0.717) is 0 Å². The Balaban J connectivity index is 1.74. The minimum absolute atomic E-state index is 0.975. The van der Waals surface area contributed by atoms with E-state index in [4.69, 9.17) is 0 Å². The van der Waals surface area contributed by atoms with Crippen LogP contribution in [0.15, 0.2) is 66.8 Å². The lowest BCUT2D eigenvalue weighted by Gasteiger charge is -2.12. The van der Waals surface area contributed by atoms with E-state index in [1.807, 2.05) is 0 Å². The zero-order chi connectivity index (χ0) is 15.6. The van der Waals surface area contributed by atoms with Crippen LogP contribution in [-0.4, -0.2) is 0 Å². The van der Waals surface area contributed by atoms with E-state index < -0.39 is 0 Å². The molecule has 0 unspecified atom stereocenters. The van der Waals surface area contributed by atoms with Crippen molar-refractivity contribution in [3.05, 3.63) is 89.0 Å². The van der Waals surface area contributed by atoms with Crippen LogP contribution < -0.4 is 5.32 Å². The third kappa shape index (κ3) is 2.78. The maximum Gasteiger partial charge on any atom is 0.0458 e. The lowest BCUT2D eigenvalue weighted by atomic mass is 9.99. The SMILES string of the molecule is Cc1ccc2c(c1)C=Cc1cc(C3=CC=CC=CC3)ccc1N2. The summed E-state index contributed by atoms with van der Waals surface area (Å²) in [7, 11) is 0. The number of hydrogen-bond acceptors (Lipinski definition) is 1. The number of nitrogens with one attached hydrogen (secondary N) is 1. The Hall–Kier alpha value is -2.80. The molecule has 0 radical (unpaired) electrons. The van der Waals surface area contributed by atoms with Crippen molar-refractivity contribution in [3.8, 4) is 0 Å². The zero-order valence-electron chi connectivity index (χ0n) is 13.2. The van der Waals surface area contributed by atoms with Crippen LogP contribution in [0.5, 0.6) is 0 Å². The van der Waals surface area contributed by atoms with Gasteiger partial charge in [0.1, 0.15) is 0 Å². The lowest BCUT2D eigenvalue weighted by Crippen LogP contribution is -1.95. The van der Waals surface area contributed by atoms with Crippen molar-refractivity contribution in [2.75, 3.05) is 5.32 Å². The number of allylic oxidation sites excluding steroid dienone is 6. The molecule has 2 aliphatic rings. The molecule has 0 saturated carbocycles. The summed E-state index contributed by atoms with van der Waals surface area (Å²) in [5.41, 5.74) is 8.71. The number of fused-ring (bicyclic) bond motifs is 2. The quantitative estimate of drug-likeness (QED) is 0.570. The van der Waals surface area contributed by atoms with Gasteiger partial charge >= 0.3 is 0 Å². The molecule has 0 bridgehead atoms. The molecule has 0 amide bonds. The van der Waals surface area contributed by atoms with Gasteiger partial charge in [-0.05, 0) is 59.9 Å². The predicted molar refractivity (Wildman–Crippen MR) is 101 cm³/mol. The van der Waals surface area contributed by atoms with Gasteiger partial charge in [-0.3, -0.25) is 0 Å². The summed E-state index contributed by atoms with van der Waals surface area (Å²) in [6.07, 6.45) is 16.1. The van der Waals surface area contributed by atoms with Gasteiger partial charge in [-0.2, -0.15) is 0 Å². The summed E-state index contributed by atoms with van der Waals surface area (Å²) in [6.45, 7) is 2.13. The highest BCUT2D eigenvalue weighted by atomic mass is 14.9. The molecule has 2 aromatic carbocycles. The van der Waals surface area contributed by atoms with Crippen molar-refractivity contribution in [1.82, 2.24) is 0 Å². The standard InChI is InChI=1S/C22H19N/c1-16-8-12-21-19(14-16)9-10-20-15-18(11-13-22(20)23-21)17-6-4-2-3-5-7-17/h2-6,8-15,23H,7H2,1H3. The van der Waals surface area contributed by atoms with Gasteiger partial charge in [0, 0.05) is 11.4 Å². The largest absolute Gasteiger partial charge is 0.355 e. The molecule has 1 aliphatic carbocycles. The summed E-state index contributed by atoms with van der Waals surface area (Å²) in [6, 6.07) is 13.2. The first kappa shape index (κ1) is 13.8. The van der Waals surface area contributed by atoms with E-state index in [1.54, 1.807) is 0 Å². The number of anilines is 2. The molecule has 1 nitrogen and oxygen atoms in total. The van der Waals surface area contributed by atoms with Gasteiger partial charge in [0.05, 0.1) is 0 Å². The Labute approximate surface area is 137 Å². The van der Waals surface area contributed by atoms with Gasteiger partial charge in [0.15, 0.2) is 0 Å². The normalized spacial score (nSPS) is 15.1. The highest BCUT2D eigenvalue weighted by molar-refractivity contribution is 5.89. The summed E-state index contributed by atoms with van der Waals surface area (Å²) < 4.78 is 0. The second-order valence-electron chi connectivity index (χ2n) is 6.06. The molecule has 0 fully saturated rings. The molecule has 4 rings (SSSR count). The van der Waals surface area contributed by atoms with E-state index >= 15 is 0 Å². The molecule has 0 spiro atoms. The van der Waals surface area contributed by atoms with Crippen LogP contribution in [0.2, 0.25) is 0 Å². The number of rotatable bonds is 1. The predicted octanol–water partition coefficient (Wildman–Crippen LogP) is 6.12. The van der Waals surface area contributed by atoms with Gasteiger partial charge in [-0.25, -0.2) is 0 Å². The van der Waals surface area contributed by atoms with Crippen LogP contribution in [0.4, 0.5) is 11.4 Å². The van der Waals surface area contributed by atoms with E-state index in [9.17, 15) is 0 Å². The molecule has 1 aliphatic heterocycles. The van der Waals surface area contributed by atoms with E-state index in [-0.39, 0.29) is 0 Å². The Kier molecular flexibility index (Phi) is 3.47. The summed E-state index contributed by atoms with van der Waals surface area (Å²) in [5, 5.41) is 3.56. The second-order valence-corrected chi connectivity index (χ2v) is 6.06. The van der Waals surface area contributed by atoms with Crippen LogP contribution >= 0.6 is 0 Å². The average Bonchev–Trinajstić information content (AvgIpc) is 2.93. The first-order valence-electron chi connectivity index (χ1n) is 8.02. The first-order valence-corrected chi connectivity index (χ1v) is 8.02. The van der Waals surface area contributed by atoms with Crippen LogP contribution in [-0.2, 0) is 0 Å². The molecule has 2 aromatic rings. The molecule has 0 saturated heterocycles. The van der Waals surface area contributed by atoms with Crippen molar-refractivity contribution >= 4 is 29.1 Å². The third-order valence-electron chi connectivity index (χ3n) is 4.33. The fourth-order valence-electron chi connectivity index (χ4n) is 3.06. The van der Waals surface area contributed by atoms with Crippen molar-refractivity contribution in [2.24, 2.45) is 0 Å². The smallest absolute Gasteiger partial charge is 0.0458 e. The molecular weight excluding hydrogens is 278 g/mol. The summed E-state index contributed by atoms with van der Waals surface area (Å²) >= 11 is 0. The Morgan fingerprint density at radius 1 is 0.826 bits per heavy atom. The van der Waals surface area contributed by atoms with E-state index in [2.05, 4.69) is 91.2 Å². The minimum atomic E-state index is 0.975. The summed E-state index contributed by atoms with van der Waals surface area (Å²) in [4.78, 5) is 0. The Bertz CT molecular complexity index is 879. The van der Waals surface area contributed by atoms with Gasteiger partial charge < -0.3 is 5.32 Å². The van der Waals surface area contributed by atoms with Crippen LogP contribution in [0.3, 0.4) is 0 Å². The van der Waals surface area contributed by atoms with Gasteiger partial charge in [-0.15, -0.1) is 0 Å². The molecule has 1 N–H and O–H groups in total. The van der Waals surface area contributed by atoms with Crippen LogP contribution in [0.25, 0.3) is 17.7 Å². The Morgan fingerprint density at radius 3 is 2.48 bits per heavy atom. The number of hydrogen-bond donors (Lipinski definition) is 1. The van der Waals surface area contributed by atoms with Crippen molar-refractivity contribution in [2.45, 2.75) is 13.3 Å². The first-order chi connectivity index (χ1) is 11.3. The maximum absolute atomic E-state index is 3.56. The molecular formula is C22H19N. The lowest BCUT2D eigenvalue weighted by molar-refractivity contribution is 1.39. The molecule has 23 heavy (non-hydrogen) atoms. The van der Waals surface area contributed by atoms with Gasteiger partial charge in [0.25, 0.3) is 0 Å². The third-order valence-corrected chi connectivity index (χ3v) is 4.33. The number of benzene rings is 2. The van der Waals surface area contributed by atoms with Crippen molar-refractivity contribution < 1.29 is 0 Å². The Morgan fingerprint density at radius 2 is 1.61 bits per heavy atom. The molecule has 1 heteroatoms. The average molecular weight is 297 g/mol. The molecule has 0 atom stereocenters. The van der Waals surface area contributed by atoms with Crippen molar-refractivity contribution in [1.29, 1.82) is 0 Å². The molecule has 0 aromatic heterocycles. The van der Waals surface area contributed by atoms with E-state index in [1.165, 1.54) is 27.8 Å². The molecule has 1 heterocycles. The highest BCUT2D eigenvalue weighted by Gasteiger charge is 2.10. The second kappa shape index (κ2) is 5.77. The maximum atomic E-state index is 3.56. The zero-order valence-corrected chi connectivity index (χ0v) is 13.2. The monoisotopic (exact) mass is 297 g/mol. The molecule has 112 valence electrons. The minimum Gasteiger partial charge on any atom is -0.355 e. The highest BCUT2D eigenvalue weighted by Crippen LogP contribution is 2.33. The van der Waals surface area contributed by atoms with Crippen molar-refractivity contribution in [3.63, 3.8) is 0 Å². The summed E-state index contributed by atoms with van der Waals surface area (Å²) in [5.74, 6) is 0. The van der Waals surface area contributed by atoms with Gasteiger partial charge in [0.2, 0.25) is 0 Å². The topological polar surface area (TPSA) is 12.0 Å². The van der Waals surface area contributed by atoms with E-state index in [0.717, 1.165) is 17.8 Å². The fraction of sp³-hybridized carbons (Fsp3) is 0.0909. The van der Waals surface area contributed by atoms with Crippen LogP contribution in [0.1, 0.15) is 28.7 Å². The van der Waals surface area contributed by atoms with Gasteiger partial charge in [-0.1, -0.05) is 60.2 Å².